The van der Waals surface area contributed by atoms with Crippen molar-refractivity contribution in [1.29, 1.82) is 0 Å². The minimum atomic E-state index is 0.255. The second-order valence-corrected chi connectivity index (χ2v) is 6.28. The maximum atomic E-state index is 5.33. The van der Waals surface area contributed by atoms with E-state index in [4.69, 9.17) is 4.74 Å². The summed E-state index contributed by atoms with van der Waals surface area (Å²) in [5, 5.41) is 0. The minimum Gasteiger partial charge on any atom is -0.497 e. The summed E-state index contributed by atoms with van der Waals surface area (Å²) in [7, 11) is 1.70. The number of methoxy groups -OCH3 is 1. The maximum absolute atomic E-state index is 5.33. The molecule has 0 fully saturated rings. The zero-order valence-corrected chi connectivity index (χ0v) is 14.8. The smallest absolute Gasteiger partial charge is 0.119 e. The van der Waals surface area contributed by atoms with Gasteiger partial charge in [-0.2, -0.15) is 0 Å². The molecule has 0 aliphatic heterocycles. The molecule has 0 aliphatic rings. The molecule has 0 N–H and O–H groups in total. The fourth-order valence-electron chi connectivity index (χ4n) is 3.18. The van der Waals surface area contributed by atoms with Crippen molar-refractivity contribution < 1.29 is 4.74 Å². The Kier molecular flexibility index (Phi) is 4.70. The molecule has 124 valence electrons. The number of benzene rings is 2. The van der Waals surface area contributed by atoms with Crippen LogP contribution in [0.2, 0.25) is 0 Å². The van der Waals surface area contributed by atoms with Crippen LogP contribution in [-0.4, -0.2) is 16.7 Å². The van der Waals surface area contributed by atoms with Crippen molar-refractivity contribution >= 4 is 0 Å². The summed E-state index contributed by atoms with van der Waals surface area (Å²) in [6.07, 6.45) is 3.94. The Morgan fingerprint density at radius 1 is 1.12 bits per heavy atom. The van der Waals surface area contributed by atoms with E-state index in [1.54, 1.807) is 7.11 Å². The molecule has 3 aromatic rings. The van der Waals surface area contributed by atoms with Gasteiger partial charge in [0.2, 0.25) is 0 Å². The van der Waals surface area contributed by atoms with E-state index in [0.29, 0.717) is 0 Å². The van der Waals surface area contributed by atoms with Gasteiger partial charge in [0.15, 0.2) is 0 Å². The zero-order valence-electron chi connectivity index (χ0n) is 14.8. The topological polar surface area (TPSA) is 27.1 Å². The van der Waals surface area contributed by atoms with E-state index in [1.165, 1.54) is 22.3 Å². The van der Waals surface area contributed by atoms with Crippen molar-refractivity contribution in [1.82, 2.24) is 9.55 Å². The third-order valence-corrected chi connectivity index (χ3v) is 4.74. The van der Waals surface area contributed by atoms with Crippen LogP contribution in [-0.2, 0) is 6.54 Å². The van der Waals surface area contributed by atoms with E-state index in [-0.39, 0.29) is 5.92 Å². The summed E-state index contributed by atoms with van der Waals surface area (Å²) in [6.45, 7) is 7.37. The van der Waals surface area contributed by atoms with E-state index < -0.39 is 0 Å². The SMILES string of the molecule is COc1cccc(Cn2ccnc2C(C)c2cccc(C)c2C)c1. The standard InChI is InChI=1S/C21H24N2O/c1-15-7-5-10-20(16(15)2)17(3)21-22-11-12-23(21)14-18-8-6-9-19(13-18)24-4/h5-13,17H,14H2,1-4H3. The van der Waals surface area contributed by atoms with Crippen molar-refractivity contribution in [2.24, 2.45) is 0 Å². The first-order valence-corrected chi connectivity index (χ1v) is 8.30. The van der Waals surface area contributed by atoms with Gasteiger partial charge >= 0.3 is 0 Å². The average Bonchev–Trinajstić information content (AvgIpc) is 3.05. The molecule has 0 saturated heterocycles. The molecular weight excluding hydrogens is 296 g/mol. The van der Waals surface area contributed by atoms with Gasteiger partial charge in [-0.15, -0.1) is 0 Å². The molecule has 1 atom stereocenters. The van der Waals surface area contributed by atoms with Crippen molar-refractivity contribution in [2.75, 3.05) is 7.11 Å². The van der Waals surface area contributed by atoms with Crippen LogP contribution in [0.25, 0.3) is 0 Å². The summed E-state index contributed by atoms with van der Waals surface area (Å²) in [4.78, 5) is 4.63. The van der Waals surface area contributed by atoms with Crippen molar-refractivity contribution in [3.05, 3.63) is 82.9 Å². The second-order valence-electron chi connectivity index (χ2n) is 6.28. The van der Waals surface area contributed by atoms with Gasteiger partial charge in [0.05, 0.1) is 7.11 Å². The molecule has 3 rings (SSSR count). The van der Waals surface area contributed by atoms with Gasteiger partial charge in [0, 0.05) is 24.9 Å². The van der Waals surface area contributed by atoms with Gasteiger partial charge in [-0.1, -0.05) is 37.3 Å². The van der Waals surface area contributed by atoms with Crippen molar-refractivity contribution in [3.63, 3.8) is 0 Å². The van der Waals surface area contributed by atoms with Gasteiger partial charge in [-0.05, 0) is 48.2 Å². The van der Waals surface area contributed by atoms with Crippen LogP contribution < -0.4 is 4.74 Å². The Balaban J connectivity index is 1.91. The highest BCUT2D eigenvalue weighted by Crippen LogP contribution is 2.27. The van der Waals surface area contributed by atoms with Crippen LogP contribution in [0.15, 0.2) is 54.9 Å². The zero-order chi connectivity index (χ0) is 17.1. The highest BCUT2D eigenvalue weighted by atomic mass is 16.5. The summed E-state index contributed by atoms with van der Waals surface area (Å²) < 4.78 is 7.55. The number of rotatable bonds is 5. The highest BCUT2D eigenvalue weighted by Gasteiger charge is 2.17. The lowest BCUT2D eigenvalue weighted by molar-refractivity contribution is 0.414. The van der Waals surface area contributed by atoms with Crippen LogP contribution >= 0.6 is 0 Å². The normalized spacial score (nSPS) is 12.2. The Morgan fingerprint density at radius 2 is 1.92 bits per heavy atom. The lowest BCUT2D eigenvalue weighted by atomic mass is 9.93. The summed E-state index contributed by atoms with van der Waals surface area (Å²) in [6, 6.07) is 14.7. The fourth-order valence-corrected chi connectivity index (χ4v) is 3.18. The average molecular weight is 320 g/mol. The number of hydrogen-bond acceptors (Lipinski definition) is 2. The maximum Gasteiger partial charge on any atom is 0.119 e. The van der Waals surface area contributed by atoms with Gasteiger partial charge in [0.25, 0.3) is 0 Å². The van der Waals surface area contributed by atoms with E-state index in [1.807, 2.05) is 18.3 Å². The quantitative estimate of drug-likeness (QED) is 0.681. The molecule has 24 heavy (non-hydrogen) atoms. The molecular formula is C21H24N2O. The third-order valence-electron chi connectivity index (χ3n) is 4.74. The number of aromatic nitrogens is 2. The Labute approximate surface area is 143 Å². The number of ether oxygens (including phenoxy) is 1. The molecule has 0 aliphatic carbocycles. The van der Waals surface area contributed by atoms with Crippen LogP contribution in [0.3, 0.4) is 0 Å². The Morgan fingerprint density at radius 3 is 2.71 bits per heavy atom. The number of imidazole rings is 1. The molecule has 3 heteroatoms. The van der Waals surface area contributed by atoms with Crippen LogP contribution in [0.5, 0.6) is 5.75 Å². The fraction of sp³-hybridized carbons (Fsp3) is 0.286. The first kappa shape index (κ1) is 16.3. The molecule has 1 unspecified atom stereocenters. The number of hydrogen-bond donors (Lipinski definition) is 0. The Hall–Kier alpha value is -2.55. The molecule has 0 amide bonds. The van der Waals surface area contributed by atoms with Crippen molar-refractivity contribution in [3.8, 4) is 5.75 Å². The van der Waals surface area contributed by atoms with Gasteiger partial charge in [-0.3, -0.25) is 0 Å². The third kappa shape index (κ3) is 3.21. The lowest BCUT2D eigenvalue weighted by Crippen LogP contribution is -2.10. The molecule has 1 aromatic heterocycles. The van der Waals surface area contributed by atoms with E-state index >= 15 is 0 Å². The van der Waals surface area contributed by atoms with Crippen LogP contribution in [0, 0.1) is 13.8 Å². The molecule has 0 spiro atoms. The summed E-state index contributed by atoms with van der Waals surface area (Å²) in [5.41, 5.74) is 5.22. The molecule has 3 nitrogen and oxygen atoms in total. The number of aryl methyl sites for hydroxylation is 1. The predicted octanol–water partition coefficient (Wildman–Crippen LogP) is 4.71. The first-order chi connectivity index (χ1) is 11.6. The lowest BCUT2D eigenvalue weighted by Gasteiger charge is -2.18. The number of nitrogens with zero attached hydrogens (tertiary/aromatic N) is 2. The van der Waals surface area contributed by atoms with Crippen LogP contribution in [0.1, 0.15) is 40.9 Å². The molecule has 2 aromatic carbocycles. The second kappa shape index (κ2) is 6.91. The summed E-state index contributed by atoms with van der Waals surface area (Å²) >= 11 is 0. The van der Waals surface area contributed by atoms with E-state index in [9.17, 15) is 0 Å². The van der Waals surface area contributed by atoms with Gasteiger partial charge in [0.1, 0.15) is 11.6 Å². The largest absolute Gasteiger partial charge is 0.497 e. The van der Waals surface area contributed by atoms with Crippen LogP contribution in [0.4, 0.5) is 0 Å². The monoisotopic (exact) mass is 320 g/mol. The van der Waals surface area contributed by atoms with Gasteiger partial charge in [-0.25, -0.2) is 4.98 Å². The first-order valence-electron chi connectivity index (χ1n) is 8.30. The minimum absolute atomic E-state index is 0.255. The Bertz CT molecular complexity index is 835. The molecule has 1 heterocycles. The predicted molar refractivity (Wildman–Crippen MR) is 97.8 cm³/mol. The van der Waals surface area contributed by atoms with Crippen molar-refractivity contribution in [2.45, 2.75) is 33.2 Å². The molecule has 0 saturated carbocycles. The van der Waals surface area contributed by atoms with Gasteiger partial charge < -0.3 is 9.30 Å². The van der Waals surface area contributed by atoms with E-state index in [0.717, 1.165) is 18.1 Å². The summed E-state index contributed by atoms with van der Waals surface area (Å²) in [5.74, 6) is 2.23. The molecule has 0 radical (unpaired) electrons. The highest BCUT2D eigenvalue weighted by molar-refractivity contribution is 5.38. The van der Waals surface area contributed by atoms with E-state index in [2.05, 4.69) is 66.9 Å². The molecule has 0 bridgehead atoms.